The Bertz CT molecular complexity index is 962. The summed E-state index contributed by atoms with van der Waals surface area (Å²) in [4.78, 5) is 1.30. The molecule has 0 aliphatic carbocycles. The van der Waals surface area contributed by atoms with E-state index in [9.17, 15) is 21.6 Å². The zero-order valence-corrected chi connectivity index (χ0v) is 15.7. The van der Waals surface area contributed by atoms with Crippen molar-refractivity contribution in [2.24, 2.45) is 0 Å². The average Bonchev–Trinajstić information content (AvgIpc) is 2.64. The second-order valence-corrected chi connectivity index (χ2v) is 8.17. The zero-order valence-electron chi connectivity index (χ0n) is 14.0. The molecule has 5 nitrogen and oxygen atoms in total. The molecule has 144 valence electrons. The van der Waals surface area contributed by atoms with Crippen molar-refractivity contribution in [3.05, 3.63) is 59.9 Å². The van der Waals surface area contributed by atoms with Crippen molar-refractivity contribution in [2.75, 3.05) is 31.5 Å². The van der Waals surface area contributed by atoms with Gasteiger partial charge in [-0.2, -0.15) is 4.31 Å². The monoisotopic (exact) mass is 415 g/mol. The Hall–Kier alpha value is -2.17. The van der Waals surface area contributed by atoms with Crippen LogP contribution in [0.15, 0.2) is 47.4 Å². The number of halogens is 3. The van der Waals surface area contributed by atoms with Crippen LogP contribution in [0.4, 0.5) is 18.9 Å². The predicted molar refractivity (Wildman–Crippen MR) is 99.3 cm³/mol. The van der Waals surface area contributed by atoms with Crippen molar-refractivity contribution >= 4 is 33.0 Å². The van der Waals surface area contributed by atoms with Gasteiger partial charge in [0.25, 0.3) is 0 Å². The molecule has 0 unspecified atom stereocenters. The van der Waals surface area contributed by atoms with Crippen LogP contribution < -0.4 is 5.32 Å². The number of hydrogen-bond donors (Lipinski definition) is 1. The van der Waals surface area contributed by atoms with Crippen molar-refractivity contribution in [1.82, 2.24) is 9.21 Å². The van der Waals surface area contributed by atoms with Gasteiger partial charge in [0.05, 0.1) is 5.69 Å². The highest BCUT2D eigenvalue weighted by molar-refractivity contribution is 7.89. The van der Waals surface area contributed by atoms with Crippen LogP contribution in [0.3, 0.4) is 0 Å². The van der Waals surface area contributed by atoms with Crippen LogP contribution in [-0.4, -0.2) is 48.9 Å². The summed E-state index contributed by atoms with van der Waals surface area (Å²) in [5.74, 6) is -2.28. The van der Waals surface area contributed by atoms with E-state index in [2.05, 4.69) is 5.32 Å². The van der Waals surface area contributed by atoms with Gasteiger partial charge in [-0.05, 0) is 36.5 Å². The molecule has 1 N–H and O–H groups in total. The molecular formula is C17H16F3N3O2S2. The minimum absolute atomic E-state index is 0.0304. The highest BCUT2D eigenvalue weighted by atomic mass is 32.2. The Kier molecular flexibility index (Phi) is 5.68. The van der Waals surface area contributed by atoms with Crippen LogP contribution in [0.1, 0.15) is 0 Å². The minimum atomic E-state index is -3.95. The Morgan fingerprint density at radius 3 is 2.26 bits per heavy atom. The lowest BCUT2D eigenvalue weighted by atomic mass is 10.3. The van der Waals surface area contributed by atoms with Gasteiger partial charge >= 0.3 is 0 Å². The lowest BCUT2D eigenvalue weighted by molar-refractivity contribution is 0.268. The van der Waals surface area contributed by atoms with Crippen molar-refractivity contribution in [1.29, 1.82) is 0 Å². The molecule has 0 saturated carbocycles. The van der Waals surface area contributed by atoms with Crippen LogP contribution in [0, 0.1) is 17.5 Å². The number of hydrogen-bond acceptors (Lipinski definition) is 3. The maximum Gasteiger partial charge on any atom is 0.246 e. The average molecular weight is 415 g/mol. The number of thiocarbonyl (C=S) groups is 1. The van der Waals surface area contributed by atoms with Crippen LogP contribution in [0.2, 0.25) is 0 Å². The Morgan fingerprint density at radius 1 is 0.963 bits per heavy atom. The largest absolute Gasteiger partial charge is 0.346 e. The molecule has 1 aliphatic heterocycles. The third kappa shape index (κ3) is 4.23. The molecule has 2 aromatic carbocycles. The quantitative estimate of drug-likeness (QED) is 0.782. The molecule has 1 aliphatic rings. The molecule has 27 heavy (non-hydrogen) atoms. The summed E-state index contributed by atoms with van der Waals surface area (Å²) in [6.07, 6.45) is 0. The van der Waals surface area contributed by atoms with Crippen molar-refractivity contribution < 1.29 is 21.6 Å². The summed E-state index contributed by atoms with van der Waals surface area (Å²) in [5, 5.41) is 2.89. The van der Waals surface area contributed by atoms with Gasteiger partial charge in [0.2, 0.25) is 10.0 Å². The topological polar surface area (TPSA) is 52.7 Å². The van der Waals surface area contributed by atoms with Gasteiger partial charge in [-0.1, -0.05) is 12.1 Å². The SMILES string of the molecule is O=S(=O)(c1ccccc1F)N1CCN(C(=S)Nc2ccc(F)cc2F)CC1. The van der Waals surface area contributed by atoms with Crippen molar-refractivity contribution in [3.8, 4) is 0 Å². The fourth-order valence-electron chi connectivity index (χ4n) is 2.71. The molecular weight excluding hydrogens is 399 g/mol. The number of rotatable bonds is 3. The van der Waals surface area contributed by atoms with Gasteiger partial charge in [0.1, 0.15) is 22.3 Å². The maximum absolute atomic E-state index is 13.8. The number of nitrogens with zero attached hydrogens (tertiary/aromatic N) is 2. The molecule has 0 radical (unpaired) electrons. The molecule has 0 aromatic heterocycles. The molecule has 1 heterocycles. The molecule has 0 spiro atoms. The van der Waals surface area contributed by atoms with E-state index in [-0.39, 0.29) is 41.9 Å². The summed E-state index contributed by atoms with van der Waals surface area (Å²) in [6, 6.07) is 8.28. The number of nitrogens with one attached hydrogen (secondary N) is 1. The maximum atomic E-state index is 13.8. The van der Waals surface area contributed by atoms with Crippen LogP contribution in [-0.2, 0) is 10.0 Å². The molecule has 0 bridgehead atoms. The first-order chi connectivity index (χ1) is 12.8. The Morgan fingerprint density at radius 2 is 1.63 bits per heavy atom. The van der Waals surface area contributed by atoms with E-state index in [1.807, 2.05) is 0 Å². The van der Waals surface area contributed by atoms with Gasteiger partial charge in [-0.3, -0.25) is 0 Å². The van der Waals surface area contributed by atoms with Gasteiger partial charge in [-0.15, -0.1) is 0 Å². The van der Waals surface area contributed by atoms with E-state index in [1.54, 1.807) is 4.90 Å². The zero-order chi connectivity index (χ0) is 19.6. The highest BCUT2D eigenvalue weighted by Gasteiger charge is 2.31. The molecule has 0 amide bonds. The van der Waals surface area contributed by atoms with Gasteiger partial charge < -0.3 is 10.2 Å². The van der Waals surface area contributed by atoms with Crippen LogP contribution in [0.25, 0.3) is 0 Å². The minimum Gasteiger partial charge on any atom is -0.346 e. The molecule has 2 aromatic rings. The molecule has 1 fully saturated rings. The first kappa shape index (κ1) is 19.6. The molecule has 10 heteroatoms. The van der Waals surface area contributed by atoms with Crippen LogP contribution >= 0.6 is 12.2 Å². The molecule has 1 saturated heterocycles. The molecule has 0 atom stereocenters. The Balaban J connectivity index is 1.65. The fraction of sp³-hybridized carbons (Fsp3) is 0.235. The lowest BCUT2D eigenvalue weighted by Crippen LogP contribution is -2.51. The summed E-state index contributed by atoms with van der Waals surface area (Å²) < 4.78 is 66.9. The second kappa shape index (κ2) is 7.83. The van der Waals surface area contributed by atoms with E-state index in [1.165, 1.54) is 28.6 Å². The lowest BCUT2D eigenvalue weighted by Gasteiger charge is -2.35. The summed E-state index contributed by atoms with van der Waals surface area (Å²) in [6.45, 7) is 0.708. The summed E-state index contributed by atoms with van der Waals surface area (Å²) >= 11 is 5.22. The van der Waals surface area contributed by atoms with Gasteiger partial charge in [-0.25, -0.2) is 21.6 Å². The van der Waals surface area contributed by atoms with E-state index < -0.39 is 27.5 Å². The fourth-order valence-corrected chi connectivity index (χ4v) is 4.49. The van der Waals surface area contributed by atoms with E-state index in [0.29, 0.717) is 0 Å². The first-order valence-corrected chi connectivity index (χ1v) is 9.89. The van der Waals surface area contributed by atoms with Crippen molar-refractivity contribution in [2.45, 2.75) is 4.90 Å². The number of sulfonamides is 1. The number of anilines is 1. The predicted octanol–water partition coefficient (Wildman–Crippen LogP) is 2.81. The number of benzene rings is 2. The first-order valence-electron chi connectivity index (χ1n) is 8.05. The molecule has 3 rings (SSSR count). The highest BCUT2D eigenvalue weighted by Crippen LogP contribution is 2.21. The van der Waals surface area contributed by atoms with E-state index in [4.69, 9.17) is 12.2 Å². The number of piperazine rings is 1. The standard InChI is InChI=1S/C17H16F3N3O2S2/c18-12-5-6-15(14(20)11-12)21-17(26)22-7-9-23(10-8-22)27(24,25)16-4-2-1-3-13(16)19/h1-6,11H,7-10H2,(H,21,26). The van der Waals surface area contributed by atoms with E-state index >= 15 is 0 Å². The van der Waals surface area contributed by atoms with Crippen molar-refractivity contribution in [3.63, 3.8) is 0 Å². The van der Waals surface area contributed by atoms with Crippen LogP contribution in [0.5, 0.6) is 0 Å². The van der Waals surface area contributed by atoms with Gasteiger partial charge in [0, 0.05) is 32.2 Å². The Labute approximate surface area is 160 Å². The van der Waals surface area contributed by atoms with E-state index in [0.717, 1.165) is 18.2 Å². The normalized spacial score (nSPS) is 15.6. The third-order valence-corrected chi connectivity index (χ3v) is 6.45. The summed E-state index contributed by atoms with van der Waals surface area (Å²) in [7, 11) is -3.95. The smallest absolute Gasteiger partial charge is 0.246 e. The summed E-state index contributed by atoms with van der Waals surface area (Å²) in [5.41, 5.74) is 0.0304. The third-order valence-electron chi connectivity index (χ3n) is 4.15. The second-order valence-electron chi connectivity index (χ2n) is 5.88. The van der Waals surface area contributed by atoms with Gasteiger partial charge in [0.15, 0.2) is 5.11 Å².